The summed E-state index contributed by atoms with van der Waals surface area (Å²) in [5, 5.41) is 32.1. The molecule has 2 aromatic carbocycles. The zero-order valence-corrected chi connectivity index (χ0v) is 27.4. The third kappa shape index (κ3) is 5.63. The van der Waals surface area contributed by atoms with Crippen LogP contribution in [0.1, 0.15) is 74.4 Å². The quantitative estimate of drug-likeness (QED) is 0.197. The molecule has 6 rings (SSSR count). The molecule has 0 saturated heterocycles. The number of aliphatic hydroxyl groups excluding tert-OH is 1. The molecule has 7 atom stereocenters. The fraction of sp³-hybridized carbons (Fsp3) is 0.474. The molecule has 0 bridgehead atoms. The molecule has 3 saturated carbocycles. The highest BCUT2D eigenvalue weighted by atomic mass is 16.5. The van der Waals surface area contributed by atoms with Crippen LogP contribution in [0.3, 0.4) is 0 Å². The molecule has 0 heterocycles. The Balaban J connectivity index is 1.12. The molecule has 0 radical (unpaired) electrons. The number of azo groups is 1. The van der Waals surface area contributed by atoms with E-state index in [4.69, 9.17) is 4.74 Å². The molecular formula is C38H42N2O7. The Morgan fingerprint density at radius 3 is 2.60 bits per heavy atom. The van der Waals surface area contributed by atoms with Gasteiger partial charge in [0.1, 0.15) is 5.60 Å². The molecule has 4 aliphatic rings. The van der Waals surface area contributed by atoms with E-state index in [1.807, 2.05) is 19.9 Å². The number of Topliss-reactive ketones (excluding diaryl/α,β-unsaturated/α-hetero) is 2. The van der Waals surface area contributed by atoms with Crippen LogP contribution < -0.4 is 0 Å². The lowest BCUT2D eigenvalue weighted by molar-refractivity contribution is -0.181. The third-order valence-electron chi connectivity index (χ3n) is 11.7. The minimum atomic E-state index is -1.74. The van der Waals surface area contributed by atoms with Gasteiger partial charge in [-0.15, -0.1) is 0 Å². The summed E-state index contributed by atoms with van der Waals surface area (Å²) in [5.74, 6) is -1.32. The van der Waals surface area contributed by atoms with Crippen LogP contribution >= 0.6 is 0 Å². The maximum absolute atomic E-state index is 13.7. The van der Waals surface area contributed by atoms with Crippen LogP contribution in [0.4, 0.5) is 11.4 Å². The number of allylic oxidation sites excluding steroid dienone is 4. The van der Waals surface area contributed by atoms with Gasteiger partial charge in [-0.2, -0.15) is 10.2 Å². The van der Waals surface area contributed by atoms with Crippen molar-refractivity contribution in [2.75, 3.05) is 6.61 Å². The second kappa shape index (κ2) is 12.2. The van der Waals surface area contributed by atoms with Gasteiger partial charge in [0.2, 0.25) is 5.78 Å². The lowest BCUT2D eigenvalue weighted by Gasteiger charge is -2.59. The summed E-state index contributed by atoms with van der Waals surface area (Å²) in [5.41, 5.74) is 0.908. The molecule has 0 aromatic heterocycles. The Morgan fingerprint density at radius 2 is 1.83 bits per heavy atom. The predicted molar refractivity (Wildman–Crippen MR) is 174 cm³/mol. The molecule has 47 heavy (non-hydrogen) atoms. The monoisotopic (exact) mass is 638 g/mol. The molecular weight excluding hydrogens is 596 g/mol. The lowest BCUT2D eigenvalue weighted by atomic mass is 9.46. The number of carbonyl (C=O) groups excluding carboxylic acids is 4. The molecule has 7 unspecified atom stereocenters. The van der Waals surface area contributed by atoms with E-state index >= 15 is 0 Å². The number of carbonyl (C=O) groups is 4. The van der Waals surface area contributed by atoms with Gasteiger partial charge in [0.15, 0.2) is 18.2 Å². The summed E-state index contributed by atoms with van der Waals surface area (Å²) in [6.07, 6.45) is 6.94. The van der Waals surface area contributed by atoms with Crippen LogP contribution in [0.2, 0.25) is 0 Å². The number of ketones is 3. The number of aryl methyl sites for hydroxylation is 1. The molecule has 9 heteroatoms. The van der Waals surface area contributed by atoms with Crippen molar-refractivity contribution in [3.05, 3.63) is 83.0 Å². The van der Waals surface area contributed by atoms with Crippen LogP contribution in [0.15, 0.2) is 76.5 Å². The molecule has 4 aliphatic carbocycles. The first-order valence-corrected chi connectivity index (χ1v) is 16.4. The molecule has 246 valence electrons. The Bertz CT molecular complexity index is 1740. The Kier molecular flexibility index (Phi) is 8.51. The van der Waals surface area contributed by atoms with Crippen molar-refractivity contribution < 1.29 is 34.1 Å². The predicted octanol–water partition coefficient (Wildman–Crippen LogP) is 6.28. The van der Waals surface area contributed by atoms with E-state index in [1.165, 1.54) is 6.92 Å². The summed E-state index contributed by atoms with van der Waals surface area (Å²) in [6.45, 7) is 6.76. The molecule has 3 fully saturated rings. The maximum Gasteiger partial charge on any atom is 0.310 e. The molecule has 9 nitrogen and oxygen atoms in total. The summed E-state index contributed by atoms with van der Waals surface area (Å²) in [6, 6.07) is 12.2. The average molecular weight is 639 g/mol. The zero-order valence-electron chi connectivity index (χ0n) is 27.4. The van der Waals surface area contributed by atoms with Crippen molar-refractivity contribution in [1.82, 2.24) is 0 Å². The Morgan fingerprint density at radius 1 is 1.06 bits per heavy atom. The van der Waals surface area contributed by atoms with Crippen molar-refractivity contribution >= 4 is 34.7 Å². The van der Waals surface area contributed by atoms with E-state index in [0.29, 0.717) is 28.9 Å². The number of esters is 1. The fourth-order valence-electron chi connectivity index (χ4n) is 9.18. The molecule has 0 aliphatic heterocycles. The number of hydrogen-bond acceptors (Lipinski definition) is 9. The summed E-state index contributed by atoms with van der Waals surface area (Å²) < 4.78 is 5.44. The van der Waals surface area contributed by atoms with Crippen molar-refractivity contribution in [2.45, 2.75) is 77.9 Å². The molecule has 2 N–H and O–H groups in total. The van der Waals surface area contributed by atoms with E-state index in [0.717, 1.165) is 24.0 Å². The van der Waals surface area contributed by atoms with Crippen LogP contribution in [0.25, 0.3) is 0 Å². The van der Waals surface area contributed by atoms with Gasteiger partial charge in [0.05, 0.1) is 23.9 Å². The minimum Gasteiger partial charge on any atom is -0.457 e. The van der Waals surface area contributed by atoms with Gasteiger partial charge in [0, 0.05) is 22.3 Å². The van der Waals surface area contributed by atoms with Crippen LogP contribution in [0.5, 0.6) is 0 Å². The first-order valence-electron chi connectivity index (χ1n) is 16.4. The van der Waals surface area contributed by atoms with Crippen molar-refractivity contribution in [2.24, 2.45) is 38.8 Å². The number of rotatable bonds is 8. The van der Waals surface area contributed by atoms with E-state index in [-0.39, 0.29) is 48.6 Å². The summed E-state index contributed by atoms with van der Waals surface area (Å²) in [7, 11) is 0. The molecule has 0 amide bonds. The first kappa shape index (κ1) is 32.8. The third-order valence-corrected chi connectivity index (χ3v) is 11.7. The standard InChI is InChI=1S/C38H42N2O7/c1-22-9-11-26(19-29(22)23(2)41)39-40-31-8-6-5-7-24(31)17-34(45)47-21-33(44)38(46)16-14-30-28-12-10-25-18-27(42)13-15-36(25,3)35(28)32(43)20-37(30,38)4/h5-9,11,13,15,18-19,28,30,32,35,43,46H,10,12,14,16-17,20-21H2,1-4H3. The zero-order chi connectivity index (χ0) is 33.7. The lowest BCUT2D eigenvalue weighted by Crippen LogP contribution is -2.61. The van der Waals surface area contributed by atoms with Crippen molar-refractivity contribution in [1.29, 1.82) is 0 Å². The van der Waals surface area contributed by atoms with E-state index in [9.17, 15) is 29.4 Å². The minimum absolute atomic E-state index is 0.00208. The van der Waals surface area contributed by atoms with E-state index in [1.54, 1.807) is 54.6 Å². The van der Waals surface area contributed by atoms with Gasteiger partial charge < -0.3 is 14.9 Å². The summed E-state index contributed by atoms with van der Waals surface area (Å²) in [4.78, 5) is 50.7. The largest absolute Gasteiger partial charge is 0.457 e. The first-order chi connectivity index (χ1) is 22.3. The number of ether oxygens (including phenoxy) is 1. The van der Waals surface area contributed by atoms with Gasteiger partial charge in [-0.25, -0.2) is 0 Å². The van der Waals surface area contributed by atoms with Gasteiger partial charge >= 0.3 is 5.97 Å². The maximum atomic E-state index is 13.7. The Labute approximate surface area is 274 Å². The smallest absolute Gasteiger partial charge is 0.310 e. The van der Waals surface area contributed by atoms with Gasteiger partial charge in [-0.1, -0.05) is 49.8 Å². The summed E-state index contributed by atoms with van der Waals surface area (Å²) >= 11 is 0. The number of fused-ring (bicyclic) bond motifs is 5. The average Bonchev–Trinajstić information content (AvgIpc) is 3.30. The SMILES string of the molecule is CC(=O)c1cc(N=Nc2ccccc2CC(=O)OCC(=O)C2(O)CCC3C4CCC5=CC(=O)C=CC5(C)C4C(O)CC32C)ccc1C. The van der Waals surface area contributed by atoms with E-state index in [2.05, 4.69) is 17.2 Å². The van der Waals surface area contributed by atoms with E-state index < -0.39 is 40.9 Å². The molecule has 0 spiro atoms. The van der Waals surface area contributed by atoms with Gasteiger partial charge in [-0.3, -0.25) is 19.2 Å². The Hall–Kier alpha value is -4.08. The normalized spacial score (nSPS) is 32.7. The van der Waals surface area contributed by atoms with Gasteiger partial charge in [-0.05, 0) is 99.3 Å². The van der Waals surface area contributed by atoms with Gasteiger partial charge in [0.25, 0.3) is 0 Å². The van der Waals surface area contributed by atoms with Crippen molar-refractivity contribution in [3.63, 3.8) is 0 Å². The highest BCUT2D eigenvalue weighted by Gasteiger charge is 2.68. The molecule has 2 aromatic rings. The second-order valence-corrected chi connectivity index (χ2v) is 14.3. The topological polar surface area (TPSA) is 143 Å². The highest BCUT2D eigenvalue weighted by Crippen LogP contribution is 2.67. The number of benzene rings is 2. The number of nitrogens with zero attached hydrogens (tertiary/aromatic N) is 2. The van der Waals surface area contributed by atoms with Crippen LogP contribution in [-0.4, -0.2) is 51.8 Å². The number of aliphatic hydroxyl groups is 2. The van der Waals surface area contributed by atoms with Crippen molar-refractivity contribution in [3.8, 4) is 0 Å². The number of hydrogen-bond donors (Lipinski definition) is 2. The fourth-order valence-corrected chi connectivity index (χ4v) is 9.18. The van der Waals surface area contributed by atoms with Crippen LogP contribution in [0, 0.1) is 35.5 Å². The second-order valence-electron chi connectivity index (χ2n) is 14.3. The van der Waals surface area contributed by atoms with Crippen LogP contribution in [-0.2, 0) is 25.5 Å². The highest BCUT2D eigenvalue weighted by molar-refractivity contribution is 6.01.